The molecule has 7 heteroatoms. The van der Waals surface area contributed by atoms with Crippen LogP contribution in [0.5, 0.6) is 0 Å². The van der Waals surface area contributed by atoms with E-state index in [2.05, 4.69) is 20.1 Å². The van der Waals surface area contributed by atoms with Gasteiger partial charge in [0.25, 0.3) is 5.91 Å². The van der Waals surface area contributed by atoms with Crippen molar-refractivity contribution < 1.29 is 4.79 Å². The van der Waals surface area contributed by atoms with Crippen LogP contribution in [0, 0.1) is 6.92 Å². The minimum absolute atomic E-state index is 0.0952. The molecule has 1 aromatic carbocycles. The summed E-state index contributed by atoms with van der Waals surface area (Å²) >= 11 is 1.49. The molecule has 0 bridgehead atoms. The average Bonchev–Trinajstić information content (AvgIpc) is 3.16. The molecule has 0 radical (unpaired) electrons. The summed E-state index contributed by atoms with van der Waals surface area (Å²) in [6, 6.07) is 14.3. The molecule has 0 spiro atoms. The standard InChI is InChI=1S/C21H23N5OS/c1-15-19(28-20(23-15)16-7-4-3-5-8-16)21(27)26-13-10-17(11-14-26)25(2)18-9-6-12-22-24-18/h3-9,12,17H,10-11,13-14H2,1-2H3. The Hall–Kier alpha value is -2.80. The SMILES string of the molecule is Cc1nc(-c2ccccc2)sc1C(=O)N1CCC(N(C)c2cccnn2)CC1. The van der Waals surface area contributed by atoms with Crippen molar-refractivity contribution >= 4 is 23.1 Å². The van der Waals surface area contributed by atoms with Crippen LogP contribution in [0.2, 0.25) is 0 Å². The van der Waals surface area contributed by atoms with Crippen LogP contribution in [0.1, 0.15) is 28.2 Å². The molecule has 3 aromatic rings. The quantitative estimate of drug-likeness (QED) is 0.677. The van der Waals surface area contributed by atoms with Gasteiger partial charge in [-0.3, -0.25) is 4.79 Å². The topological polar surface area (TPSA) is 62.2 Å². The van der Waals surface area contributed by atoms with E-state index in [4.69, 9.17) is 0 Å². The highest BCUT2D eigenvalue weighted by Crippen LogP contribution is 2.30. The number of likely N-dealkylation sites (tertiary alicyclic amines) is 1. The molecular weight excluding hydrogens is 370 g/mol. The number of anilines is 1. The predicted molar refractivity (Wildman–Crippen MR) is 112 cm³/mol. The lowest BCUT2D eigenvalue weighted by Gasteiger charge is -2.37. The fourth-order valence-corrected chi connectivity index (χ4v) is 4.61. The summed E-state index contributed by atoms with van der Waals surface area (Å²) in [6.07, 6.45) is 3.52. The van der Waals surface area contributed by atoms with Gasteiger partial charge < -0.3 is 9.80 Å². The Morgan fingerprint density at radius 3 is 2.57 bits per heavy atom. The van der Waals surface area contributed by atoms with Crippen LogP contribution in [-0.4, -0.2) is 52.2 Å². The first-order chi connectivity index (χ1) is 13.6. The van der Waals surface area contributed by atoms with E-state index in [1.165, 1.54) is 11.3 Å². The second-order valence-corrected chi connectivity index (χ2v) is 8.01. The number of thiazole rings is 1. The van der Waals surface area contributed by atoms with Gasteiger partial charge in [0.15, 0.2) is 5.82 Å². The Bertz CT molecular complexity index is 936. The summed E-state index contributed by atoms with van der Waals surface area (Å²) in [6.45, 7) is 3.41. The number of benzene rings is 1. The van der Waals surface area contributed by atoms with Crippen LogP contribution in [0.15, 0.2) is 48.7 Å². The molecule has 0 N–H and O–H groups in total. The van der Waals surface area contributed by atoms with Crippen molar-refractivity contribution in [3.8, 4) is 10.6 Å². The van der Waals surface area contributed by atoms with E-state index >= 15 is 0 Å². The van der Waals surface area contributed by atoms with Crippen LogP contribution < -0.4 is 4.90 Å². The van der Waals surface area contributed by atoms with Crippen molar-refractivity contribution in [2.45, 2.75) is 25.8 Å². The monoisotopic (exact) mass is 393 g/mol. The summed E-state index contributed by atoms with van der Waals surface area (Å²) in [5.74, 6) is 0.968. The lowest BCUT2D eigenvalue weighted by Crippen LogP contribution is -2.45. The minimum atomic E-state index is 0.0952. The van der Waals surface area contributed by atoms with Crippen molar-refractivity contribution in [1.82, 2.24) is 20.1 Å². The van der Waals surface area contributed by atoms with Gasteiger partial charge in [0.1, 0.15) is 9.88 Å². The smallest absolute Gasteiger partial charge is 0.265 e. The average molecular weight is 394 g/mol. The van der Waals surface area contributed by atoms with E-state index in [0.29, 0.717) is 6.04 Å². The highest BCUT2D eigenvalue weighted by Gasteiger charge is 2.28. The number of hydrogen-bond acceptors (Lipinski definition) is 6. The fraction of sp³-hybridized carbons (Fsp3) is 0.333. The van der Waals surface area contributed by atoms with Gasteiger partial charge in [-0.1, -0.05) is 30.3 Å². The number of piperidine rings is 1. The number of rotatable bonds is 4. The van der Waals surface area contributed by atoms with Crippen molar-refractivity contribution in [3.05, 3.63) is 59.2 Å². The maximum atomic E-state index is 13.1. The Morgan fingerprint density at radius 1 is 1.14 bits per heavy atom. The number of hydrogen-bond donors (Lipinski definition) is 0. The largest absolute Gasteiger partial charge is 0.355 e. The first kappa shape index (κ1) is 18.6. The van der Waals surface area contributed by atoms with Gasteiger partial charge in [-0.15, -0.1) is 16.4 Å². The van der Waals surface area contributed by atoms with Crippen LogP contribution in [-0.2, 0) is 0 Å². The highest BCUT2D eigenvalue weighted by molar-refractivity contribution is 7.17. The molecule has 4 rings (SSSR count). The summed E-state index contributed by atoms with van der Waals surface area (Å²) in [7, 11) is 2.05. The molecular formula is C21H23N5OS. The molecule has 0 aliphatic carbocycles. The van der Waals surface area contributed by atoms with E-state index in [1.54, 1.807) is 6.20 Å². The number of carbonyl (C=O) groups is 1. The fourth-order valence-electron chi connectivity index (χ4n) is 3.57. The van der Waals surface area contributed by atoms with Gasteiger partial charge in [-0.25, -0.2) is 4.98 Å². The van der Waals surface area contributed by atoms with Crippen LogP contribution in [0.3, 0.4) is 0 Å². The first-order valence-corrected chi connectivity index (χ1v) is 10.3. The Labute approximate surface area is 168 Å². The lowest BCUT2D eigenvalue weighted by molar-refractivity contribution is 0.0717. The van der Waals surface area contributed by atoms with Crippen molar-refractivity contribution in [3.63, 3.8) is 0 Å². The zero-order chi connectivity index (χ0) is 19.5. The Kier molecular flexibility index (Phi) is 5.34. The molecule has 1 aliphatic heterocycles. The Morgan fingerprint density at radius 2 is 1.89 bits per heavy atom. The maximum Gasteiger partial charge on any atom is 0.265 e. The van der Waals surface area contributed by atoms with Crippen LogP contribution in [0.25, 0.3) is 10.6 Å². The molecule has 144 valence electrons. The molecule has 3 heterocycles. The van der Waals surface area contributed by atoms with Gasteiger partial charge in [-0.05, 0) is 31.9 Å². The van der Waals surface area contributed by atoms with Gasteiger partial charge in [0, 0.05) is 37.9 Å². The third kappa shape index (κ3) is 3.75. The zero-order valence-corrected chi connectivity index (χ0v) is 16.9. The summed E-state index contributed by atoms with van der Waals surface area (Å²) in [5, 5.41) is 9.05. The molecule has 2 aromatic heterocycles. The van der Waals surface area contributed by atoms with Gasteiger partial charge in [0.05, 0.1) is 5.69 Å². The maximum absolute atomic E-state index is 13.1. The van der Waals surface area contributed by atoms with E-state index in [1.807, 2.05) is 61.3 Å². The van der Waals surface area contributed by atoms with Crippen molar-refractivity contribution in [2.24, 2.45) is 0 Å². The predicted octanol–water partition coefficient (Wildman–Crippen LogP) is 3.65. The molecule has 0 saturated carbocycles. The molecule has 1 fully saturated rings. The van der Waals surface area contributed by atoms with Gasteiger partial charge in [0.2, 0.25) is 0 Å². The van der Waals surface area contributed by atoms with E-state index in [9.17, 15) is 4.79 Å². The van der Waals surface area contributed by atoms with Crippen LogP contribution >= 0.6 is 11.3 Å². The van der Waals surface area contributed by atoms with Crippen LogP contribution in [0.4, 0.5) is 5.82 Å². The summed E-state index contributed by atoms with van der Waals surface area (Å²) in [5.41, 5.74) is 1.87. The van der Waals surface area contributed by atoms with Crippen molar-refractivity contribution in [2.75, 3.05) is 25.0 Å². The Balaban J connectivity index is 1.43. The molecule has 1 saturated heterocycles. The molecule has 6 nitrogen and oxygen atoms in total. The molecule has 28 heavy (non-hydrogen) atoms. The van der Waals surface area contributed by atoms with E-state index in [0.717, 1.165) is 52.9 Å². The number of aromatic nitrogens is 3. The molecule has 0 atom stereocenters. The van der Waals surface area contributed by atoms with Crippen molar-refractivity contribution in [1.29, 1.82) is 0 Å². The number of carbonyl (C=O) groups excluding carboxylic acids is 1. The van der Waals surface area contributed by atoms with E-state index in [-0.39, 0.29) is 5.91 Å². The summed E-state index contributed by atoms with van der Waals surface area (Å²) in [4.78, 5) is 22.6. The van der Waals surface area contributed by atoms with E-state index < -0.39 is 0 Å². The summed E-state index contributed by atoms with van der Waals surface area (Å²) < 4.78 is 0. The van der Waals surface area contributed by atoms with Gasteiger partial charge in [-0.2, -0.15) is 5.10 Å². The molecule has 0 unspecified atom stereocenters. The van der Waals surface area contributed by atoms with Gasteiger partial charge >= 0.3 is 0 Å². The third-order valence-corrected chi connectivity index (χ3v) is 6.43. The highest BCUT2D eigenvalue weighted by atomic mass is 32.1. The molecule has 1 aliphatic rings. The lowest BCUT2D eigenvalue weighted by atomic mass is 10.0. The number of nitrogens with zero attached hydrogens (tertiary/aromatic N) is 5. The number of aryl methyl sites for hydroxylation is 1. The first-order valence-electron chi connectivity index (χ1n) is 9.46. The zero-order valence-electron chi connectivity index (χ0n) is 16.1. The molecule has 1 amide bonds. The second-order valence-electron chi connectivity index (χ2n) is 7.02. The third-order valence-electron chi connectivity index (χ3n) is 5.23. The normalized spacial score (nSPS) is 14.9. The number of amides is 1. The second kappa shape index (κ2) is 8.06. The minimum Gasteiger partial charge on any atom is -0.355 e.